The minimum Gasteiger partial charge on any atom is -0.465 e. The fraction of sp³-hybridized carbons (Fsp3) is 0.750. The third-order valence-electron chi connectivity index (χ3n) is 3.47. The molecular formula is C12H15F3O8S. The summed E-state index contributed by atoms with van der Waals surface area (Å²) in [5.74, 6) is -1.71. The first-order valence-corrected chi connectivity index (χ1v) is 8.09. The third kappa shape index (κ3) is 3.66. The maximum Gasteiger partial charge on any atom is 0.534 e. The molecule has 2 rings (SSSR count). The minimum absolute atomic E-state index is 0.136. The van der Waals surface area contributed by atoms with E-state index < -0.39 is 51.2 Å². The van der Waals surface area contributed by atoms with Crippen molar-refractivity contribution in [2.45, 2.75) is 36.7 Å². The fourth-order valence-corrected chi connectivity index (χ4v) is 3.02. The van der Waals surface area contributed by atoms with Gasteiger partial charge in [-0.2, -0.15) is 21.6 Å². The van der Waals surface area contributed by atoms with Gasteiger partial charge in [0, 0.05) is 20.0 Å². The molecule has 0 aliphatic carbocycles. The van der Waals surface area contributed by atoms with Gasteiger partial charge in [-0.1, -0.05) is 0 Å². The Hall–Kier alpha value is -1.37. The molecule has 1 fully saturated rings. The Labute approximate surface area is 135 Å². The Morgan fingerprint density at radius 2 is 2.00 bits per heavy atom. The van der Waals surface area contributed by atoms with E-state index in [0.29, 0.717) is 0 Å². The molecule has 3 unspecified atom stereocenters. The number of ether oxygens (including phenoxy) is 4. The van der Waals surface area contributed by atoms with Gasteiger partial charge >= 0.3 is 21.6 Å². The van der Waals surface area contributed by atoms with E-state index in [0.717, 1.165) is 7.11 Å². The maximum absolute atomic E-state index is 12.5. The number of methoxy groups -OCH3 is 2. The van der Waals surface area contributed by atoms with E-state index in [1.54, 1.807) is 0 Å². The lowest BCUT2D eigenvalue weighted by Gasteiger charge is -2.26. The van der Waals surface area contributed by atoms with Gasteiger partial charge in [0.15, 0.2) is 0 Å². The lowest BCUT2D eigenvalue weighted by Crippen LogP contribution is -2.35. The average Bonchev–Trinajstić information content (AvgIpc) is 2.80. The lowest BCUT2D eigenvalue weighted by atomic mass is 10.0. The zero-order valence-corrected chi connectivity index (χ0v) is 13.5. The molecule has 2 heterocycles. The summed E-state index contributed by atoms with van der Waals surface area (Å²) in [4.78, 5) is 11.9. The second-order valence-electron chi connectivity index (χ2n) is 5.04. The van der Waals surface area contributed by atoms with Crippen LogP contribution in [0.5, 0.6) is 0 Å². The molecule has 0 N–H and O–H groups in total. The molecule has 24 heavy (non-hydrogen) atoms. The fourth-order valence-electron chi connectivity index (χ4n) is 2.50. The second kappa shape index (κ2) is 6.86. The average molecular weight is 376 g/mol. The Morgan fingerprint density at radius 1 is 1.33 bits per heavy atom. The van der Waals surface area contributed by atoms with E-state index in [9.17, 15) is 26.4 Å². The quantitative estimate of drug-likeness (QED) is 0.291. The normalized spacial score (nSPS) is 27.3. The number of fused-ring (bicyclic) bond motifs is 2. The molecule has 0 aromatic heterocycles. The van der Waals surface area contributed by atoms with E-state index in [1.165, 1.54) is 7.11 Å². The van der Waals surface area contributed by atoms with E-state index >= 15 is 0 Å². The van der Waals surface area contributed by atoms with Crippen molar-refractivity contribution in [1.82, 2.24) is 0 Å². The third-order valence-corrected chi connectivity index (χ3v) is 4.46. The Morgan fingerprint density at radius 3 is 2.54 bits per heavy atom. The van der Waals surface area contributed by atoms with E-state index in [1.807, 2.05) is 0 Å². The number of rotatable bonds is 6. The maximum atomic E-state index is 12.5. The van der Waals surface area contributed by atoms with E-state index in [-0.39, 0.29) is 19.6 Å². The highest BCUT2D eigenvalue weighted by atomic mass is 32.2. The minimum atomic E-state index is -5.91. The van der Waals surface area contributed by atoms with Crippen LogP contribution in [0, 0.1) is 0 Å². The summed E-state index contributed by atoms with van der Waals surface area (Å²) >= 11 is 0. The summed E-state index contributed by atoms with van der Waals surface area (Å²) in [7, 11) is -3.55. The number of hydrogen-bond donors (Lipinski definition) is 0. The number of esters is 1. The van der Waals surface area contributed by atoms with Crippen molar-refractivity contribution in [2.24, 2.45) is 0 Å². The highest BCUT2D eigenvalue weighted by Gasteiger charge is 2.53. The van der Waals surface area contributed by atoms with Gasteiger partial charge in [0.2, 0.25) is 0 Å². The number of halogens is 3. The molecule has 2 bridgehead atoms. The molecular weight excluding hydrogens is 361 g/mol. The SMILES string of the molecule is COCOC1CC2CC(OS(=O)(=O)C(F)(F)F)=C(C(=O)OC)C1O2. The number of carbonyl (C=O) groups is 1. The summed E-state index contributed by atoms with van der Waals surface area (Å²) in [5, 5.41) is 0. The van der Waals surface area contributed by atoms with E-state index in [2.05, 4.69) is 8.92 Å². The van der Waals surface area contributed by atoms with Crippen molar-refractivity contribution in [2.75, 3.05) is 21.0 Å². The van der Waals surface area contributed by atoms with Crippen LogP contribution in [0.4, 0.5) is 13.2 Å². The molecule has 2 aliphatic heterocycles. The molecule has 0 saturated carbocycles. The van der Waals surface area contributed by atoms with Gasteiger partial charge in [0.1, 0.15) is 24.2 Å². The van der Waals surface area contributed by atoms with E-state index in [4.69, 9.17) is 14.2 Å². The van der Waals surface area contributed by atoms with Gasteiger partial charge in [-0.05, 0) is 0 Å². The van der Waals surface area contributed by atoms with Crippen molar-refractivity contribution in [3.8, 4) is 0 Å². The Kier molecular flexibility index (Phi) is 5.42. The highest BCUT2D eigenvalue weighted by molar-refractivity contribution is 7.87. The number of carbonyl (C=O) groups excluding carboxylic acids is 1. The molecule has 12 heteroatoms. The van der Waals surface area contributed by atoms with Crippen molar-refractivity contribution < 1.29 is 49.5 Å². The van der Waals surface area contributed by atoms with Crippen LogP contribution < -0.4 is 0 Å². The van der Waals surface area contributed by atoms with Crippen LogP contribution in [0.1, 0.15) is 12.8 Å². The summed E-state index contributed by atoms with van der Waals surface area (Å²) in [5.41, 5.74) is -6.06. The van der Waals surface area contributed by atoms with Crippen molar-refractivity contribution in [1.29, 1.82) is 0 Å². The van der Waals surface area contributed by atoms with Gasteiger partial charge < -0.3 is 23.1 Å². The van der Waals surface area contributed by atoms with Gasteiger partial charge in [-0.15, -0.1) is 0 Å². The first-order chi connectivity index (χ1) is 11.1. The molecule has 2 aliphatic rings. The van der Waals surface area contributed by atoms with Crippen LogP contribution in [0.2, 0.25) is 0 Å². The predicted octanol–water partition coefficient (Wildman–Crippen LogP) is 0.830. The molecule has 0 radical (unpaired) electrons. The monoisotopic (exact) mass is 376 g/mol. The Bertz CT molecular complexity index is 627. The molecule has 1 saturated heterocycles. The zero-order valence-electron chi connectivity index (χ0n) is 12.7. The van der Waals surface area contributed by atoms with Crippen molar-refractivity contribution in [3.63, 3.8) is 0 Å². The molecule has 138 valence electrons. The molecule has 0 aromatic carbocycles. The number of hydrogen-bond acceptors (Lipinski definition) is 8. The molecule has 8 nitrogen and oxygen atoms in total. The number of alkyl halides is 3. The van der Waals surface area contributed by atoms with Crippen LogP contribution in [-0.4, -0.2) is 59.2 Å². The lowest BCUT2D eigenvalue weighted by molar-refractivity contribution is -0.141. The van der Waals surface area contributed by atoms with Gasteiger partial charge in [0.05, 0.1) is 19.3 Å². The summed E-state index contributed by atoms with van der Waals surface area (Å²) in [6.07, 6.45) is -2.57. The van der Waals surface area contributed by atoms with Crippen molar-refractivity contribution >= 4 is 16.1 Å². The van der Waals surface area contributed by atoms with Gasteiger partial charge in [-0.25, -0.2) is 4.79 Å². The molecule has 0 aromatic rings. The predicted molar refractivity (Wildman–Crippen MR) is 69.7 cm³/mol. The standard InChI is InChI=1S/C12H15F3O8S/c1-19-5-21-8-4-6-3-7(23-24(17,18)12(13,14)15)9(10(8)22-6)11(16)20-2/h6,8,10H,3-5H2,1-2H3. The summed E-state index contributed by atoms with van der Waals surface area (Å²) in [6.45, 7) is -0.136. The molecule has 0 spiro atoms. The van der Waals surface area contributed by atoms with Gasteiger partial charge in [0.25, 0.3) is 0 Å². The van der Waals surface area contributed by atoms with Crippen molar-refractivity contribution in [3.05, 3.63) is 11.3 Å². The molecule has 3 atom stereocenters. The Balaban J connectivity index is 2.37. The molecule has 0 amide bonds. The second-order valence-corrected chi connectivity index (χ2v) is 6.58. The summed E-state index contributed by atoms with van der Waals surface area (Å²) < 4.78 is 84.3. The van der Waals surface area contributed by atoms with Crippen LogP contribution >= 0.6 is 0 Å². The largest absolute Gasteiger partial charge is 0.534 e. The van der Waals surface area contributed by atoms with Crippen LogP contribution in [0.3, 0.4) is 0 Å². The highest BCUT2D eigenvalue weighted by Crippen LogP contribution is 2.41. The first kappa shape index (κ1) is 19.0. The van der Waals surface area contributed by atoms with Crippen LogP contribution in [-0.2, 0) is 38.0 Å². The zero-order chi connectivity index (χ0) is 18.1. The van der Waals surface area contributed by atoms with Gasteiger partial charge in [-0.3, -0.25) is 0 Å². The smallest absolute Gasteiger partial charge is 0.465 e. The van der Waals surface area contributed by atoms with Crippen LogP contribution in [0.25, 0.3) is 0 Å². The van der Waals surface area contributed by atoms with Crippen LogP contribution in [0.15, 0.2) is 11.3 Å². The first-order valence-electron chi connectivity index (χ1n) is 6.68. The topological polar surface area (TPSA) is 97.4 Å². The summed E-state index contributed by atoms with van der Waals surface area (Å²) in [6, 6.07) is 0.